The van der Waals surface area contributed by atoms with Gasteiger partial charge in [-0.15, -0.1) is 11.3 Å². The van der Waals surface area contributed by atoms with E-state index in [4.69, 9.17) is 4.74 Å². The van der Waals surface area contributed by atoms with Crippen molar-refractivity contribution in [2.75, 3.05) is 27.3 Å². The van der Waals surface area contributed by atoms with E-state index in [1.807, 2.05) is 13.8 Å². The number of sulfonamides is 1. The lowest BCUT2D eigenvalue weighted by atomic mass is 9.90. The molecule has 0 aromatic carbocycles. The highest BCUT2D eigenvalue weighted by Gasteiger charge is 2.24. The molecule has 1 heterocycles. The molecule has 0 aliphatic rings. The standard InChI is InChI=1S/C13H24N2O3S2/c1-13(2,6-7-18-4)10-15-20(16,17)12-5-8-19-11(12)9-14-3/h5,8,14-15H,6-7,9-10H2,1-4H3. The smallest absolute Gasteiger partial charge is 0.241 e. The Hall–Kier alpha value is -0.470. The van der Waals surface area contributed by atoms with Crippen LogP contribution in [0.3, 0.4) is 0 Å². The molecule has 1 rings (SSSR count). The van der Waals surface area contributed by atoms with E-state index in [0.29, 0.717) is 24.6 Å². The van der Waals surface area contributed by atoms with Crippen LogP contribution in [0.25, 0.3) is 0 Å². The number of nitrogens with one attached hydrogen (secondary N) is 2. The third-order valence-electron chi connectivity index (χ3n) is 3.06. The van der Waals surface area contributed by atoms with Gasteiger partial charge in [0, 0.05) is 31.7 Å². The SMILES string of the molecule is CNCc1sccc1S(=O)(=O)NCC(C)(C)CCOC. The van der Waals surface area contributed by atoms with Crippen LogP contribution in [0, 0.1) is 5.41 Å². The molecule has 0 bridgehead atoms. The first-order valence-electron chi connectivity index (χ1n) is 6.52. The van der Waals surface area contributed by atoms with E-state index >= 15 is 0 Å². The van der Waals surface area contributed by atoms with Crippen LogP contribution in [-0.2, 0) is 21.3 Å². The van der Waals surface area contributed by atoms with Crippen LogP contribution in [0.4, 0.5) is 0 Å². The highest BCUT2D eigenvalue weighted by atomic mass is 32.2. The van der Waals surface area contributed by atoms with Crippen molar-refractivity contribution in [1.82, 2.24) is 10.0 Å². The van der Waals surface area contributed by atoms with Crippen LogP contribution in [0.5, 0.6) is 0 Å². The molecular weight excluding hydrogens is 296 g/mol. The maximum Gasteiger partial charge on any atom is 0.241 e. The van der Waals surface area contributed by atoms with Crippen LogP contribution >= 0.6 is 11.3 Å². The second kappa shape index (κ2) is 7.51. The number of hydrogen-bond donors (Lipinski definition) is 2. The van der Waals surface area contributed by atoms with Crippen LogP contribution in [0.2, 0.25) is 0 Å². The van der Waals surface area contributed by atoms with Gasteiger partial charge in [-0.05, 0) is 30.3 Å². The van der Waals surface area contributed by atoms with Gasteiger partial charge in [-0.1, -0.05) is 13.8 Å². The van der Waals surface area contributed by atoms with Crippen molar-refractivity contribution in [3.63, 3.8) is 0 Å². The first kappa shape index (κ1) is 17.6. The predicted octanol–water partition coefficient (Wildman–Crippen LogP) is 1.81. The second-order valence-electron chi connectivity index (χ2n) is 5.47. The topological polar surface area (TPSA) is 67.4 Å². The monoisotopic (exact) mass is 320 g/mol. The Morgan fingerprint density at radius 1 is 1.40 bits per heavy atom. The molecule has 0 unspecified atom stereocenters. The molecule has 0 fully saturated rings. The minimum Gasteiger partial charge on any atom is -0.385 e. The van der Waals surface area contributed by atoms with Gasteiger partial charge in [0.1, 0.15) is 0 Å². The average Bonchev–Trinajstić information content (AvgIpc) is 2.84. The molecule has 0 saturated carbocycles. The number of ether oxygens (including phenoxy) is 1. The summed E-state index contributed by atoms with van der Waals surface area (Å²) < 4.78 is 32.4. The molecule has 0 atom stereocenters. The van der Waals surface area contributed by atoms with Crippen LogP contribution < -0.4 is 10.0 Å². The molecule has 1 aromatic heterocycles. The molecule has 0 radical (unpaired) electrons. The fourth-order valence-corrected chi connectivity index (χ4v) is 4.39. The Kier molecular flexibility index (Phi) is 6.60. The lowest BCUT2D eigenvalue weighted by molar-refractivity contribution is 0.153. The van der Waals surface area contributed by atoms with E-state index in [2.05, 4.69) is 10.0 Å². The van der Waals surface area contributed by atoms with Gasteiger partial charge < -0.3 is 10.1 Å². The molecule has 0 amide bonds. The number of rotatable bonds is 9. The van der Waals surface area contributed by atoms with Crippen LogP contribution in [0.1, 0.15) is 25.1 Å². The Labute approximate surface area is 125 Å². The first-order chi connectivity index (χ1) is 9.32. The zero-order chi connectivity index (χ0) is 15.2. The fourth-order valence-electron chi connectivity index (χ4n) is 1.69. The predicted molar refractivity (Wildman–Crippen MR) is 82.5 cm³/mol. The average molecular weight is 320 g/mol. The van der Waals surface area contributed by atoms with Gasteiger partial charge in [-0.25, -0.2) is 13.1 Å². The number of thiophene rings is 1. The fraction of sp³-hybridized carbons (Fsp3) is 0.692. The first-order valence-corrected chi connectivity index (χ1v) is 8.88. The molecule has 0 spiro atoms. The molecule has 116 valence electrons. The maximum absolute atomic E-state index is 12.3. The Morgan fingerprint density at radius 3 is 2.70 bits per heavy atom. The van der Waals surface area contributed by atoms with Crippen molar-refractivity contribution in [3.05, 3.63) is 16.3 Å². The summed E-state index contributed by atoms with van der Waals surface area (Å²) in [5.41, 5.74) is -0.137. The van der Waals surface area contributed by atoms with Crippen LogP contribution in [0.15, 0.2) is 16.3 Å². The van der Waals surface area contributed by atoms with Gasteiger partial charge in [0.15, 0.2) is 0 Å². The summed E-state index contributed by atoms with van der Waals surface area (Å²) in [5, 5.41) is 4.79. The summed E-state index contributed by atoms with van der Waals surface area (Å²) in [7, 11) is 0.00301. The zero-order valence-corrected chi connectivity index (χ0v) is 14.2. The molecule has 5 nitrogen and oxygen atoms in total. The van der Waals surface area contributed by atoms with E-state index in [1.165, 1.54) is 11.3 Å². The summed E-state index contributed by atoms with van der Waals surface area (Å²) in [6.07, 6.45) is 0.805. The van der Waals surface area contributed by atoms with Crippen molar-refractivity contribution < 1.29 is 13.2 Å². The number of methoxy groups -OCH3 is 1. The van der Waals surface area contributed by atoms with Gasteiger partial charge in [0.2, 0.25) is 10.0 Å². The minimum absolute atomic E-state index is 0.137. The normalized spacial score (nSPS) is 12.8. The third-order valence-corrected chi connectivity index (χ3v) is 5.59. The Morgan fingerprint density at radius 2 is 2.10 bits per heavy atom. The molecule has 20 heavy (non-hydrogen) atoms. The largest absolute Gasteiger partial charge is 0.385 e. The highest BCUT2D eigenvalue weighted by Crippen LogP contribution is 2.24. The van der Waals surface area contributed by atoms with E-state index in [9.17, 15) is 8.42 Å². The quantitative estimate of drug-likeness (QED) is 0.728. The molecule has 7 heteroatoms. The van der Waals surface area contributed by atoms with Crippen molar-refractivity contribution in [1.29, 1.82) is 0 Å². The molecule has 2 N–H and O–H groups in total. The lowest BCUT2D eigenvalue weighted by Gasteiger charge is -2.24. The third kappa shape index (κ3) is 5.14. The summed E-state index contributed by atoms with van der Waals surface area (Å²) in [6, 6.07) is 1.65. The summed E-state index contributed by atoms with van der Waals surface area (Å²) in [4.78, 5) is 1.20. The van der Waals surface area contributed by atoms with E-state index in [-0.39, 0.29) is 5.41 Å². The van der Waals surface area contributed by atoms with Gasteiger partial charge in [-0.2, -0.15) is 0 Å². The Balaban J connectivity index is 2.72. The van der Waals surface area contributed by atoms with Crippen molar-refractivity contribution in [3.8, 4) is 0 Å². The van der Waals surface area contributed by atoms with Gasteiger partial charge in [0.05, 0.1) is 4.90 Å². The number of hydrogen-bond acceptors (Lipinski definition) is 5. The maximum atomic E-state index is 12.3. The second-order valence-corrected chi connectivity index (χ2v) is 8.21. The molecule has 1 aromatic rings. The van der Waals surface area contributed by atoms with Crippen LogP contribution in [-0.4, -0.2) is 35.7 Å². The van der Waals surface area contributed by atoms with Gasteiger partial charge in [0.25, 0.3) is 0 Å². The molecule has 0 saturated heterocycles. The van der Waals surface area contributed by atoms with Crippen molar-refractivity contribution >= 4 is 21.4 Å². The summed E-state index contributed by atoms with van der Waals surface area (Å²) in [5.74, 6) is 0. The van der Waals surface area contributed by atoms with E-state index in [1.54, 1.807) is 25.6 Å². The zero-order valence-electron chi connectivity index (χ0n) is 12.5. The van der Waals surface area contributed by atoms with Gasteiger partial charge in [-0.3, -0.25) is 0 Å². The molecule has 0 aliphatic carbocycles. The van der Waals surface area contributed by atoms with Crippen molar-refractivity contribution in [2.24, 2.45) is 5.41 Å². The summed E-state index contributed by atoms with van der Waals surface area (Å²) >= 11 is 1.45. The molecule has 0 aliphatic heterocycles. The van der Waals surface area contributed by atoms with E-state index in [0.717, 1.165) is 11.3 Å². The van der Waals surface area contributed by atoms with Gasteiger partial charge >= 0.3 is 0 Å². The minimum atomic E-state index is -3.45. The molecular formula is C13H24N2O3S2. The summed E-state index contributed by atoms with van der Waals surface area (Å²) in [6.45, 7) is 5.63. The lowest BCUT2D eigenvalue weighted by Crippen LogP contribution is -2.35. The van der Waals surface area contributed by atoms with E-state index < -0.39 is 10.0 Å². The highest BCUT2D eigenvalue weighted by molar-refractivity contribution is 7.89. The van der Waals surface area contributed by atoms with Crippen molar-refractivity contribution in [2.45, 2.75) is 31.7 Å². The Bertz CT molecular complexity index is 509.